The Kier molecular flexibility index (Phi) is 3.59. The summed E-state index contributed by atoms with van der Waals surface area (Å²) in [5, 5.41) is 0.245. The van der Waals surface area contributed by atoms with E-state index in [1.807, 2.05) is 6.07 Å². The SMILES string of the molecule is O=c1[nH]c(=O)c2c(-c3ccc4c(c3)OCO4)nc(N3CCCCC3)nc2[nH]1. The molecule has 0 saturated carbocycles. The first-order valence-electron chi connectivity index (χ1n) is 8.88. The van der Waals surface area contributed by atoms with Crippen LogP contribution in [-0.4, -0.2) is 39.8 Å². The highest BCUT2D eigenvalue weighted by molar-refractivity contribution is 5.90. The summed E-state index contributed by atoms with van der Waals surface area (Å²) < 4.78 is 10.8. The number of ether oxygens (including phenoxy) is 2. The van der Waals surface area contributed by atoms with E-state index < -0.39 is 11.2 Å². The first kappa shape index (κ1) is 15.9. The average molecular weight is 367 g/mol. The van der Waals surface area contributed by atoms with Crippen molar-refractivity contribution in [3.63, 3.8) is 0 Å². The predicted octanol–water partition coefficient (Wildman–Crippen LogP) is 1.39. The van der Waals surface area contributed by atoms with Gasteiger partial charge in [0.1, 0.15) is 5.39 Å². The Morgan fingerprint density at radius 2 is 1.78 bits per heavy atom. The fourth-order valence-electron chi connectivity index (χ4n) is 3.55. The summed E-state index contributed by atoms with van der Waals surface area (Å²) in [5.74, 6) is 1.76. The van der Waals surface area contributed by atoms with Gasteiger partial charge in [-0.3, -0.25) is 14.8 Å². The lowest BCUT2D eigenvalue weighted by Gasteiger charge is -2.27. The van der Waals surface area contributed by atoms with Crippen molar-refractivity contribution >= 4 is 17.0 Å². The molecule has 2 N–H and O–H groups in total. The van der Waals surface area contributed by atoms with E-state index in [1.54, 1.807) is 12.1 Å². The molecule has 2 aliphatic rings. The largest absolute Gasteiger partial charge is 0.454 e. The van der Waals surface area contributed by atoms with E-state index in [0.29, 0.717) is 28.7 Å². The molecule has 9 nitrogen and oxygen atoms in total. The number of hydrogen-bond acceptors (Lipinski definition) is 7. The molecule has 1 fully saturated rings. The molecule has 1 saturated heterocycles. The first-order valence-corrected chi connectivity index (χ1v) is 8.88. The van der Waals surface area contributed by atoms with E-state index in [4.69, 9.17) is 9.47 Å². The Morgan fingerprint density at radius 3 is 2.63 bits per heavy atom. The van der Waals surface area contributed by atoms with Crippen LogP contribution in [0.3, 0.4) is 0 Å². The van der Waals surface area contributed by atoms with Crippen molar-refractivity contribution in [3.05, 3.63) is 39.0 Å². The van der Waals surface area contributed by atoms with Gasteiger partial charge in [0.05, 0.1) is 5.69 Å². The van der Waals surface area contributed by atoms with Gasteiger partial charge in [0, 0.05) is 18.7 Å². The van der Waals surface area contributed by atoms with Gasteiger partial charge >= 0.3 is 5.69 Å². The molecule has 27 heavy (non-hydrogen) atoms. The molecule has 0 atom stereocenters. The van der Waals surface area contributed by atoms with Crippen LogP contribution in [0.5, 0.6) is 11.5 Å². The second kappa shape index (κ2) is 6.11. The van der Waals surface area contributed by atoms with Crippen LogP contribution >= 0.6 is 0 Å². The summed E-state index contributed by atoms with van der Waals surface area (Å²) in [5.41, 5.74) is 0.268. The lowest BCUT2D eigenvalue weighted by atomic mass is 10.1. The van der Waals surface area contributed by atoms with Gasteiger partial charge in [-0.15, -0.1) is 0 Å². The summed E-state index contributed by atoms with van der Waals surface area (Å²) in [6.07, 6.45) is 3.30. The molecule has 0 aliphatic carbocycles. The van der Waals surface area contributed by atoms with E-state index in [1.165, 1.54) is 6.42 Å². The van der Waals surface area contributed by atoms with E-state index >= 15 is 0 Å². The maximum atomic E-state index is 12.5. The van der Waals surface area contributed by atoms with Crippen LogP contribution in [0.1, 0.15) is 19.3 Å². The van der Waals surface area contributed by atoms with Gasteiger partial charge in [0.25, 0.3) is 5.56 Å². The van der Waals surface area contributed by atoms with E-state index in [2.05, 4.69) is 24.8 Å². The number of hydrogen-bond donors (Lipinski definition) is 2. The summed E-state index contributed by atoms with van der Waals surface area (Å²) in [6, 6.07) is 5.39. The number of aromatic nitrogens is 4. The van der Waals surface area contributed by atoms with Crippen molar-refractivity contribution in [1.29, 1.82) is 0 Å². The highest BCUT2D eigenvalue weighted by Gasteiger charge is 2.21. The summed E-state index contributed by atoms with van der Waals surface area (Å²) in [7, 11) is 0. The second-order valence-electron chi connectivity index (χ2n) is 6.62. The topological polar surface area (TPSA) is 113 Å². The Bertz CT molecular complexity index is 1150. The predicted molar refractivity (Wildman–Crippen MR) is 98.4 cm³/mol. The molecule has 3 aromatic rings. The quantitative estimate of drug-likeness (QED) is 0.704. The number of anilines is 1. The smallest absolute Gasteiger partial charge is 0.327 e. The monoisotopic (exact) mass is 367 g/mol. The second-order valence-corrected chi connectivity index (χ2v) is 6.62. The number of aromatic amines is 2. The molecule has 5 rings (SSSR count). The number of H-pyrrole nitrogens is 2. The summed E-state index contributed by atoms with van der Waals surface area (Å²) >= 11 is 0. The molecule has 0 unspecified atom stereocenters. The number of benzene rings is 1. The molecule has 0 amide bonds. The Hall–Kier alpha value is -3.36. The highest BCUT2D eigenvalue weighted by Crippen LogP contribution is 2.36. The molecule has 2 aliphatic heterocycles. The third-order valence-corrected chi connectivity index (χ3v) is 4.87. The van der Waals surface area contributed by atoms with Crippen LogP contribution in [0, 0.1) is 0 Å². The first-order chi connectivity index (χ1) is 13.2. The minimum Gasteiger partial charge on any atom is -0.454 e. The van der Waals surface area contributed by atoms with Crippen molar-refractivity contribution < 1.29 is 9.47 Å². The Morgan fingerprint density at radius 1 is 0.963 bits per heavy atom. The van der Waals surface area contributed by atoms with Crippen LogP contribution in [0.25, 0.3) is 22.3 Å². The van der Waals surface area contributed by atoms with Crippen LogP contribution in [0.15, 0.2) is 27.8 Å². The minimum absolute atomic E-state index is 0.163. The molecule has 138 valence electrons. The zero-order valence-corrected chi connectivity index (χ0v) is 14.4. The molecule has 0 radical (unpaired) electrons. The zero-order chi connectivity index (χ0) is 18.4. The van der Waals surface area contributed by atoms with Crippen molar-refractivity contribution in [2.45, 2.75) is 19.3 Å². The fourth-order valence-corrected chi connectivity index (χ4v) is 3.55. The molecule has 0 bridgehead atoms. The van der Waals surface area contributed by atoms with Crippen molar-refractivity contribution in [2.24, 2.45) is 0 Å². The van der Waals surface area contributed by atoms with Crippen LogP contribution in [-0.2, 0) is 0 Å². The van der Waals surface area contributed by atoms with Gasteiger partial charge in [-0.25, -0.2) is 9.78 Å². The van der Waals surface area contributed by atoms with Gasteiger partial charge in [-0.05, 0) is 37.5 Å². The van der Waals surface area contributed by atoms with Gasteiger partial charge in [-0.2, -0.15) is 4.98 Å². The standard InChI is InChI=1S/C18H17N5O4/c24-16-13-14(10-4-5-11-12(8-10)27-9-26-11)19-17(23-6-2-1-3-7-23)20-15(13)21-18(25)22-16/h4-5,8H,1-3,6-7,9H2,(H2,19,20,21,22,24,25). The maximum absolute atomic E-state index is 12.5. The normalized spacial score (nSPS) is 16.1. The van der Waals surface area contributed by atoms with Gasteiger partial charge < -0.3 is 14.4 Å². The number of piperidine rings is 1. The molecule has 4 heterocycles. The molecule has 1 aromatic carbocycles. The van der Waals surface area contributed by atoms with Crippen molar-refractivity contribution in [1.82, 2.24) is 19.9 Å². The molecule has 9 heteroatoms. The van der Waals surface area contributed by atoms with E-state index in [-0.39, 0.29) is 17.8 Å². The zero-order valence-electron chi connectivity index (χ0n) is 14.4. The number of fused-ring (bicyclic) bond motifs is 2. The average Bonchev–Trinajstić information content (AvgIpc) is 3.15. The third kappa shape index (κ3) is 2.71. The molecular weight excluding hydrogens is 350 g/mol. The summed E-state index contributed by atoms with van der Waals surface area (Å²) in [6.45, 7) is 1.86. The Labute approximate surface area is 153 Å². The maximum Gasteiger partial charge on any atom is 0.327 e. The van der Waals surface area contributed by atoms with Crippen LogP contribution in [0.2, 0.25) is 0 Å². The highest BCUT2D eigenvalue weighted by atomic mass is 16.7. The van der Waals surface area contributed by atoms with Gasteiger partial charge in [0.15, 0.2) is 17.1 Å². The van der Waals surface area contributed by atoms with E-state index in [0.717, 1.165) is 25.9 Å². The van der Waals surface area contributed by atoms with Crippen LogP contribution < -0.4 is 25.6 Å². The lowest BCUT2D eigenvalue weighted by molar-refractivity contribution is 0.174. The number of nitrogens with one attached hydrogen (secondary N) is 2. The molecule has 2 aromatic heterocycles. The van der Waals surface area contributed by atoms with E-state index in [9.17, 15) is 9.59 Å². The van der Waals surface area contributed by atoms with Gasteiger partial charge in [-0.1, -0.05) is 0 Å². The van der Waals surface area contributed by atoms with Crippen LogP contribution in [0.4, 0.5) is 5.95 Å². The number of nitrogens with zero attached hydrogens (tertiary/aromatic N) is 3. The fraction of sp³-hybridized carbons (Fsp3) is 0.333. The third-order valence-electron chi connectivity index (χ3n) is 4.87. The molecule has 0 spiro atoms. The lowest BCUT2D eigenvalue weighted by Crippen LogP contribution is -2.32. The summed E-state index contributed by atoms with van der Waals surface area (Å²) in [4.78, 5) is 40.4. The Balaban J connectivity index is 1.76. The molecular formula is C18H17N5O4. The van der Waals surface area contributed by atoms with Crippen molar-refractivity contribution in [3.8, 4) is 22.8 Å². The minimum atomic E-state index is -0.590. The van der Waals surface area contributed by atoms with Crippen molar-refractivity contribution in [2.75, 3.05) is 24.8 Å². The van der Waals surface area contributed by atoms with Gasteiger partial charge in [0.2, 0.25) is 12.7 Å². The number of rotatable bonds is 2.